The Balaban J connectivity index is 1.87. The second kappa shape index (κ2) is 5.71. The van der Waals surface area contributed by atoms with Crippen LogP contribution in [-0.2, 0) is 9.59 Å². The molecule has 1 amide bonds. The Morgan fingerprint density at radius 2 is 2.10 bits per heavy atom. The zero-order valence-electron chi connectivity index (χ0n) is 11.1. The van der Waals surface area contributed by atoms with Gasteiger partial charge < -0.3 is 15.2 Å². The normalized spacial score (nSPS) is 17.1. The molecule has 1 aliphatic rings. The molecule has 1 aromatic rings. The molecule has 108 valence electrons. The Labute approximate surface area is 121 Å². The fraction of sp³-hybridized carbons (Fsp3) is 0.429. The number of ether oxygens (including phenoxy) is 1. The minimum Gasteiger partial charge on any atom is -0.481 e. The number of carbonyl (C=O) groups is 2. The number of aliphatic carboxylic acids is 1. The summed E-state index contributed by atoms with van der Waals surface area (Å²) < 4.78 is 5.46. The van der Waals surface area contributed by atoms with E-state index in [0.29, 0.717) is 23.6 Å². The van der Waals surface area contributed by atoms with E-state index in [1.807, 2.05) is 0 Å². The highest BCUT2D eigenvalue weighted by atomic mass is 35.5. The van der Waals surface area contributed by atoms with Gasteiger partial charge in [0.1, 0.15) is 5.75 Å². The standard InChI is InChI=1S/C14H16ClNO4/c1-9(20-11-5-3-2-4-10(11)15)12(17)16-8-14(6-7-14)13(18)19/h2-5,9H,6-8H2,1H3,(H,16,17)(H,18,19). The Morgan fingerprint density at radius 1 is 1.45 bits per heavy atom. The van der Waals surface area contributed by atoms with E-state index in [4.69, 9.17) is 21.4 Å². The van der Waals surface area contributed by atoms with E-state index < -0.39 is 17.5 Å². The van der Waals surface area contributed by atoms with E-state index in [0.717, 1.165) is 0 Å². The van der Waals surface area contributed by atoms with Gasteiger partial charge in [-0.2, -0.15) is 0 Å². The van der Waals surface area contributed by atoms with Gasteiger partial charge in [-0.25, -0.2) is 0 Å². The Morgan fingerprint density at radius 3 is 2.65 bits per heavy atom. The molecule has 1 saturated carbocycles. The van der Waals surface area contributed by atoms with Crippen LogP contribution >= 0.6 is 11.6 Å². The third-order valence-electron chi connectivity index (χ3n) is 3.42. The minimum atomic E-state index is -0.863. The van der Waals surface area contributed by atoms with E-state index >= 15 is 0 Å². The molecule has 0 bridgehead atoms. The summed E-state index contributed by atoms with van der Waals surface area (Å²) in [6.07, 6.45) is 0.463. The van der Waals surface area contributed by atoms with E-state index in [9.17, 15) is 9.59 Å². The van der Waals surface area contributed by atoms with Crippen LogP contribution in [0.5, 0.6) is 5.75 Å². The molecule has 5 nitrogen and oxygen atoms in total. The molecule has 0 heterocycles. The van der Waals surface area contributed by atoms with E-state index in [-0.39, 0.29) is 12.5 Å². The monoisotopic (exact) mass is 297 g/mol. The summed E-state index contributed by atoms with van der Waals surface area (Å²) in [6, 6.07) is 6.87. The molecule has 1 fully saturated rings. The third kappa shape index (κ3) is 3.22. The van der Waals surface area contributed by atoms with Crippen LogP contribution in [0.2, 0.25) is 5.02 Å². The van der Waals surface area contributed by atoms with Gasteiger partial charge in [0.25, 0.3) is 5.91 Å². The maximum atomic E-state index is 11.9. The van der Waals surface area contributed by atoms with Crippen molar-refractivity contribution in [3.8, 4) is 5.75 Å². The van der Waals surface area contributed by atoms with Gasteiger partial charge in [-0.3, -0.25) is 9.59 Å². The van der Waals surface area contributed by atoms with Gasteiger partial charge in [0.15, 0.2) is 6.10 Å². The number of hydrogen-bond donors (Lipinski definition) is 2. The third-order valence-corrected chi connectivity index (χ3v) is 3.73. The molecule has 20 heavy (non-hydrogen) atoms. The maximum Gasteiger partial charge on any atom is 0.311 e. The van der Waals surface area contributed by atoms with Crippen molar-refractivity contribution in [2.75, 3.05) is 6.54 Å². The lowest BCUT2D eigenvalue weighted by atomic mass is 10.1. The SMILES string of the molecule is CC(Oc1ccccc1Cl)C(=O)NCC1(C(=O)O)CC1. The van der Waals surface area contributed by atoms with Gasteiger partial charge in [-0.1, -0.05) is 23.7 Å². The van der Waals surface area contributed by atoms with Crippen LogP contribution in [0.1, 0.15) is 19.8 Å². The van der Waals surface area contributed by atoms with Gasteiger partial charge >= 0.3 is 5.97 Å². The summed E-state index contributed by atoms with van der Waals surface area (Å²) in [6.45, 7) is 1.73. The quantitative estimate of drug-likeness (QED) is 0.843. The number of halogens is 1. The highest BCUT2D eigenvalue weighted by Crippen LogP contribution is 2.45. The molecule has 6 heteroatoms. The first kappa shape index (κ1) is 14.7. The lowest BCUT2D eigenvalue weighted by Gasteiger charge is -2.17. The Kier molecular flexibility index (Phi) is 4.18. The number of para-hydroxylation sites is 1. The molecular formula is C14H16ClNO4. The highest BCUT2D eigenvalue weighted by Gasteiger charge is 2.50. The number of amides is 1. The molecule has 0 radical (unpaired) electrons. The molecule has 0 saturated heterocycles. The van der Waals surface area contributed by atoms with Crippen LogP contribution in [-0.4, -0.2) is 29.6 Å². The topological polar surface area (TPSA) is 75.6 Å². The summed E-state index contributed by atoms with van der Waals surface area (Å²) in [5.41, 5.74) is -0.778. The fourth-order valence-electron chi connectivity index (χ4n) is 1.80. The number of carbonyl (C=O) groups excluding carboxylic acids is 1. The van der Waals surface area contributed by atoms with Crippen molar-refractivity contribution in [3.63, 3.8) is 0 Å². The van der Waals surface area contributed by atoms with Gasteiger partial charge in [0, 0.05) is 6.54 Å². The van der Waals surface area contributed by atoms with Gasteiger partial charge in [0.2, 0.25) is 0 Å². The lowest BCUT2D eigenvalue weighted by molar-refractivity contribution is -0.143. The first-order chi connectivity index (χ1) is 9.44. The number of nitrogens with one attached hydrogen (secondary N) is 1. The summed E-state index contributed by atoms with van der Waals surface area (Å²) in [7, 11) is 0. The zero-order valence-corrected chi connectivity index (χ0v) is 11.8. The number of carboxylic acids is 1. The zero-order chi connectivity index (χ0) is 14.8. The lowest BCUT2D eigenvalue weighted by Crippen LogP contribution is -2.41. The van der Waals surface area contributed by atoms with Crippen LogP contribution in [0.4, 0.5) is 0 Å². The van der Waals surface area contributed by atoms with E-state index in [1.54, 1.807) is 31.2 Å². The minimum absolute atomic E-state index is 0.136. The predicted molar refractivity (Wildman–Crippen MR) is 73.9 cm³/mol. The first-order valence-corrected chi connectivity index (χ1v) is 6.75. The molecule has 0 aromatic heterocycles. The molecule has 1 atom stereocenters. The summed E-state index contributed by atoms with van der Waals surface area (Å²) in [5, 5.41) is 12.1. The van der Waals surface area contributed by atoms with E-state index in [1.165, 1.54) is 0 Å². The van der Waals surface area contributed by atoms with Crippen LogP contribution in [0.3, 0.4) is 0 Å². The van der Waals surface area contributed by atoms with Crippen LogP contribution in [0.25, 0.3) is 0 Å². The first-order valence-electron chi connectivity index (χ1n) is 6.37. The van der Waals surface area contributed by atoms with Crippen molar-refractivity contribution >= 4 is 23.5 Å². The van der Waals surface area contributed by atoms with Crippen LogP contribution in [0.15, 0.2) is 24.3 Å². The van der Waals surface area contributed by atoms with E-state index in [2.05, 4.69) is 5.32 Å². The fourth-order valence-corrected chi connectivity index (χ4v) is 1.98. The molecule has 2 rings (SSSR count). The highest BCUT2D eigenvalue weighted by molar-refractivity contribution is 6.32. The molecular weight excluding hydrogens is 282 g/mol. The summed E-state index contributed by atoms with van der Waals surface area (Å²) in [5.74, 6) is -0.786. The number of hydrogen-bond acceptors (Lipinski definition) is 3. The summed E-state index contributed by atoms with van der Waals surface area (Å²) >= 11 is 5.94. The number of rotatable bonds is 6. The Hall–Kier alpha value is -1.75. The van der Waals surface area contributed by atoms with Crippen molar-refractivity contribution in [3.05, 3.63) is 29.3 Å². The average Bonchev–Trinajstić information content (AvgIpc) is 3.20. The molecule has 0 spiro atoms. The second-order valence-electron chi connectivity index (χ2n) is 4.99. The maximum absolute atomic E-state index is 11.9. The van der Waals surface area contributed by atoms with Gasteiger partial charge in [0.05, 0.1) is 10.4 Å². The van der Waals surface area contributed by atoms with Crippen molar-refractivity contribution in [1.82, 2.24) is 5.32 Å². The molecule has 0 aliphatic heterocycles. The Bertz CT molecular complexity index is 528. The van der Waals surface area contributed by atoms with Crippen molar-refractivity contribution in [2.24, 2.45) is 5.41 Å². The predicted octanol–water partition coefficient (Wildman–Crippen LogP) is 2.09. The number of carboxylic acid groups (broad SMARTS) is 1. The van der Waals surface area contributed by atoms with Crippen molar-refractivity contribution in [1.29, 1.82) is 0 Å². The van der Waals surface area contributed by atoms with Crippen molar-refractivity contribution in [2.45, 2.75) is 25.9 Å². The second-order valence-corrected chi connectivity index (χ2v) is 5.40. The van der Waals surface area contributed by atoms with Gasteiger partial charge in [-0.05, 0) is 31.9 Å². The van der Waals surface area contributed by atoms with Crippen molar-refractivity contribution < 1.29 is 19.4 Å². The van der Waals surface area contributed by atoms with Crippen LogP contribution in [0, 0.1) is 5.41 Å². The largest absolute Gasteiger partial charge is 0.481 e. The van der Waals surface area contributed by atoms with Gasteiger partial charge in [-0.15, -0.1) is 0 Å². The summed E-state index contributed by atoms with van der Waals surface area (Å²) in [4.78, 5) is 22.9. The smallest absolute Gasteiger partial charge is 0.311 e. The molecule has 1 aromatic carbocycles. The molecule has 1 unspecified atom stereocenters. The van der Waals surface area contributed by atoms with Crippen LogP contribution < -0.4 is 10.1 Å². The molecule has 1 aliphatic carbocycles. The number of benzene rings is 1. The average molecular weight is 298 g/mol. The molecule has 2 N–H and O–H groups in total.